The third-order valence-corrected chi connectivity index (χ3v) is 2.37. The molecule has 0 fully saturated rings. The average molecular weight is 189 g/mol. The second-order valence-corrected chi connectivity index (χ2v) is 4.62. The van der Waals surface area contributed by atoms with E-state index in [9.17, 15) is 0 Å². The number of hydrogen-bond donors (Lipinski definition) is 0. The van der Waals surface area contributed by atoms with Gasteiger partial charge in [0.25, 0.3) is 0 Å². The van der Waals surface area contributed by atoms with Crippen LogP contribution in [0.5, 0.6) is 0 Å². The Balaban J connectivity index is 2.81. The van der Waals surface area contributed by atoms with Crippen LogP contribution in [0.3, 0.4) is 0 Å². The fourth-order valence-corrected chi connectivity index (χ4v) is 1.96. The van der Waals surface area contributed by atoms with Crippen molar-refractivity contribution in [3.05, 3.63) is 29.8 Å². The van der Waals surface area contributed by atoms with Crippen LogP contribution in [0.25, 0.3) is 5.52 Å². The molecule has 2 aromatic heterocycles. The molecule has 0 saturated heterocycles. The van der Waals surface area contributed by atoms with Gasteiger partial charge in [0.05, 0.1) is 11.2 Å². The van der Waals surface area contributed by atoms with E-state index in [1.165, 1.54) is 5.56 Å². The van der Waals surface area contributed by atoms with Crippen molar-refractivity contribution < 1.29 is 0 Å². The van der Waals surface area contributed by atoms with Crippen LogP contribution in [0.2, 0.25) is 0 Å². The minimum absolute atomic E-state index is 0.132. The Kier molecular flexibility index (Phi) is 1.84. The summed E-state index contributed by atoms with van der Waals surface area (Å²) in [6.07, 6.45) is 3.56. The second-order valence-electron chi connectivity index (χ2n) is 4.62. The van der Waals surface area contributed by atoms with E-state index >= 15 is 0 Å². The van der Waals surface area contributed by atoms with Crippen molar-refractivity contribution in [2.45, 2.75) is 33.1 Å². The predicted octanol–water partition coefficient (Wildman–Crippen LogP) is 2.34. The average Bonchev–Trinajstić information content (AvgIpc) is 2.38. The molecule has 2 rings (SSSR count). The maximum Gasteiger partial charge on any atom is 0.117 e. The Morgan fingerprint density at radius 3 is 2.64 bits per heavy atom. The molecule has 0 atom stereocenters. The Labute approximate surface area is 83.8 Å². The van der Waals surface area contributed by atoms with E-state index in [0.717, 1.165) is 11.2 Å². The van der Waals surface area contributed by atoms with Crippen molar-refractivity contribution in [1.82, 2.24) is 14.6 Å². The molecule has 0 aromatic carbocycles. The molecule has 0 unspecified atom stereocenters. The van der Waals surface area contributed by atoms with Crippen molar-refractivity contribution >= 4 is 5.52 Å². The van der Waals surface area contributed by atoms with Crippen molar-refractivity contribution in [3.8, 4) is 0 Å². The lowest BCUT2D eigenvalue weighted by Crippen LogP contribution is -2.12. The second kappa shape index (κ2) is 2.80. The van der Waals surface area contributed by atoms with Crippen LogP contribution in [0.1, 0.15) is 32.0 Å². The van der Waals surface area contributed by atoms with Crippen LogP contribution in [-0.2, 0) is 5.41 Å². The van der Waals surface area contributed by atoms with Gasteiger partial charge in [0.2, 0.25) is 0 Å². The van der Waals surface area contributed by atoms with E-state index in [0.29, 0.717) is 0 Å². The molecule has 2 heterocycles. The Bertz CT molecular complexity index is 463. The lowest BCUT2D eigenvalue weighted by Gasteiger charge is -2.18. The van der Waals surface area contributed by atoms with E-state index in [2.05, 4.69) is 30.9 Å². The SMILES string of the molecule is Cc1nn2cnccc2c1C(C)(C)C. The summed E-state index contributed by atoms with van der Waals surface area (Å²) in [7, 11) is 0. The smallest absolute Gasteiger partial charge is 0.117 e. The largest absolute Gasteiger partial charge is 0.245 e. The molecular weight excluding hydrogens is 174 g/mol. The number of fused-ring (bicyclic) bond motifs is 1. The third kappa shape index (κ3) is 1.29. The zero-order valence-corrected chi connectivity index (χ0v) is 9.07. The van der Waals surface area contributed by atoms with Crippen LogP contribution in [0.4, 0.5) is 0 Å². The maximum atomic E-state index is 4.43. The number of hydrogen-bond acceptors (Lipinski definition) is 2. The monoisotopic (exact) mass is 189 g/mol. The van der Waals surface area contributed by atoms with E-state index in [1.54, 1.807) is 6.33 Å². The van der Waals surface area contributed by atoms with E-state index < -0.39 is 0 Å². The summed E-state index contributed by atoms with van der Waals surface area (Å²) >= 11 is 0. The third-order valence-electron chi connectivity index (χ3n) is 2.37. The molecule has 0 aliphatic rings. The molecule has 0 bridgehead atoms. The number of rotatable bonds is 0. The first-order chi connectivity index (χ1) is 6.50. The number of aromatic nitrogens is 3. The lowest BCUT2D eigenvalue weighted by molar-refractivity contribution is 0.591. The van der Waals surface area contributed by atoms with Gasteiger partial charge in [-0.15, -0.1) is 0 Å². The van der Waals surface area contributed by atoms with Crippen molar-refractivity contribution in [2.24, 2.45) is 0 Å². The molecule has 3 heteroatoms. The standard InChI is InChI=1S/C11H15N3/c1-8-10(11(2,3)4)9-5-6-12-7-14(9)13-8/h5-7H,1-4H3. The van der Waals surface area contributed by atoms with Gasteiger partial charge in [-0.05, 0) is 18.4 Å². The molecule has 0 amide bonds. The zero-order chi connectivity index (χ0) is 10.3. The highest BCUT2D eigenvalue weighted by Gasteiger charge is 2.21. The zero-order valence-electron chi connectivity index (χ0n) is 9.07. The minimum atomic E-state index is 0.132. The van der Waals surface area contributed by atoms with E-state index in [-0.39, 0.29) is 5.41 Å². The molecule has 0 aliphatic heterocycles. The van der Waals surface area contributed by atoms with Gasteiger partial charge in [0.15, 0.2) is 0 Å². The van der Waals surface area contributed by atoms with E-state index in [4.69, 9.17) is 0 Å². The molecule has 0 N–H and O–H groups in total. The van der Waals surface area contributed by atoms with Crippen LogP contribution in [0, 0.1) is 6.92 Å². The maximum absolute atomic E-state index is 4.43. The normalized spacial score (nSPS) is 12.3. The molecule has 3 nitrogen and oxygen atoms in total. The first-order valence-electron chi connectivity index (χ1n) is 4.79. The summed E-state index contributed by atoms with van der Waals surface area (Å²) in [5.74, 6) is 0. The quantitative estimate of drug-likeness (QED) is 0.636. The molecule has 0 saturated carbocycles. The summed E-state index contributed by atoms with van der Waals surface area (Å²) < 4.78 is 1.84. The summed E-state index contributed by atoms with van der Waals surface area (Å²) in [5.41, 5.74) is 3.68. The summed E-state index contributed by atoms with van der Waals surface area (Å²) in [6.45, 7) is 8.67. The van der Waals surface area contributed by atoms with Gasteiger partial charge in [0, 0.05) is 11.8 Å². The molecule has 14 heavy (non-hydrogen) atoms. The molecule has 74 valence electrons. The van der Waals surface area contributed by atoms with Gasteiger partial charge >= 0.3 is 0 Å². The van der Waals surface area contributed by atoms with Crippen molar-refractivity contribution in [3.63, 3.8) is 0 Å². The summed E-state index contributed by atoms with van der Waals surface area (Å²) in [5, 5.41) is 4.43. The summed E-state index contributed by atoms with van der Waals surface area (Å²) in [4.78, 5) is 4.05. The van der Waals surface area contributed by atoms with Crippen LogP contribution < -0.4 is 0 Å². The van der Waals surface area contributed by atoms with Gasteiger partial charge < -0.3 is 0 Å². The van der Waals surface area contributed by atoms with Crippen LogP contribution >= 0.6 is 0 Å². The topological polar surface area (TPSA) is 30.2 Å². The molecule has 2 aromatic rings. The predicted molar refractivity (Wildman–Crippen MR) is 56.4 cm³/mol. The first-order valence-corrected chi connectivity index (χ1v) is 4.79. The Morgan fingerprint density at radius 2 is 2.00 bits per heavy atom. The highest BCUT2D eigenvalue weighted by atomic mass is 15.2. The molecule has 0 aliphatic carbocycles. The van der Waals surface area contributed by atoms with Crippen molar-refractivity contribution in [2.75, 3.05) is 0 Å². The van der Waals surface area contributed by atoms with Gasteiger partial charge in [-0.25, -0.2) is 9.50 Å². The molecule has 0 spiro atoms. The minimum Gasteiger partial charge on any atom is -0.245 e. The fourth-order valence-electron chi connectivity index (χ4n) is 1.96. The van der Waals surface area contributed by atoms with E-state index in [1.807, 2.05) is 23.7 Å². The molecular formula is C11H15N3. The fraction of sp³-hybridized carbons (Fsp3) is 0.455. The molecule has 0 radical (unpaired) electrons. The van der Waals surface area contributed by atoms with Gasteiger partial charge in [-0.1, -0.05) is 20.8 Å². The highest BCUT2D eigenvalue weighted by molar-refractivity contribution is 5.58. The highest BCUT2D eigenvalue weighted by Crippen LogP contribution is 2.28. The first kappa shape index (κ1) is 9.19. The lowest BCUT2D eigenvalue weighted by atomic mass is 9.86. The van der Waals surface area contributed by atoms with Gasteiger partial charge in [-0.2, -0.15) is 5.10 Å². The van der Waals surface area contributed by atoms with Crippen molar-refractivity contribution in [1.29, 1.82) is 0 Å². The van der Waals surface area contributed by atoms with Gasteiger partial charge in [-0.3, -0.25) is 0 Å². The Hall–Kier alpha value is -1.38. The van der Waals surface area contributed by atoms with Gasteiger partial charge in [0.1, 0.15) is 6.33 Å². The van der Waals surface area contributed by atoms with Crippen LogP contribution in [0.15, 0.2) is 18.6 Å². The summed E-state index contributed by atoms with van der Waals surface area (Å²) in [6, 6.07) is 2.01. The number of nitrogens with zero attached hydrogens (tertiary/aromatic N) is 3. The number of aryl methyl sites for hydroxylation is 1. The van der Waals surface area contributed by atoms with Crippen LogP contribution in [-0.4, -0.2) is 14.6 Å². The Morgan fingerprint density at radius 1 is 1.29 bits per heavy atom.